The normalized spacial score (nSPS) is 22.3. The SMILES string of the molecule is CC(C)(C)OC(=O)N1CC(Oc2cc3c(N4CC5NC(=O)OC5C4)nccc3cc2C#N)C1. The molecule has 172 valence electrons. The van der Waals surface area contributed by atoms with Gasteiger partial charge < -0.3 is 29.3 Å². The Balaban J connectivity index is 1.35. The van der Waals surface area contributed by atoms with Crippen LogP contribution in [0.1, 0.15) is 26.3 Å². The van der Waals surface area contributed by atoms with E-state index in [1.165, 1.54) is 0 Å². The van der Waals surface area contributed by atoms with Gasteiger partial charge in [0.25, 0.3) is 0 Å². The van der Waals surface area contributed by atoms with E-state index in [9.17, 15) is 14.9 Å². The fourth-order valence-corrected chi connectivity index (χ4v) is 4.32. The van der Waals surface area contributed by atoms with Crippen molar-refractivity contribution in [3.8, 4) is 11.8 Å². The topological polar surface area (TPSA) is 117 Å². The van der Waals surface area contributed by atoms with Crippen molar-refractivity contribution in [2.45, 2.75) is 44.6 Å². The van der Waals surface area contributed by atoms with Crippen molar-refractivity contribution in [2.75, 3.05) is 31.1 Å². The number of likely N-dealkylation sites (tertiary alicyclic amines) is 1. The monoisotopic (exact) mass is 451 g/mol. The highest BCUT2D eigenvalue weighted by atomic mass is 16.6. The average molecular weight is 451 g/mol. The van der Waals surface area contributed by atoms with Crippen LogP contribution < -0.4 is 15.0 Å². The second-order valence-electron chi connectivity index (χ2n) is 9.54. The van der Waals surface area contributed by atoms with Crippen LogP contribution in [0.2, 0.25) is 0 Å². The number of hydrogen-bond acceptors (Lipinski definition) is 8. The Kier molecular flexibility index (Phi) is 4.92. The molecule has 2 atom stereocenters. The number of ether oxygens (including phenoxy) is 3. The van der Waals surface area contributed by atoms with Crippen LogP contribution in [0.25, 0.3) is 10.8 Å². The number of alkyl carbamates (subject to hydrolysis) is 1. The summed E-state index contributed by atoms with van der Waals surface area (Å²) in [6.45, 7) is 7.39. The molecule has 0 spiro atoms. The van der Waals surface area contributed by atoms with Crippen molar-refractivity contribution in [3.05, 3.63) is 30.0 Å². The van der Waals surface area contributed by atoms with Crippen LogP contribution in [-0.2, 0) is 9.47 Å². The van der Waals surface area contributed by atoms with Crippen molar-refractivity contribution in [3.63, 3.8) is 0 Å². The summed E-state index contributed by atoms with van der Waals surface area (Å²) in [5.74, 6) is 1.20. The number of fused-ring (bicyclic) bond motifs is 2. The zero-order valence-corrected chi connectivity index (χ0v) is 18.7. The third-order valence-electron chi connectivity index (χ3n) is 5.88. The predicted molar refractivity (Wildman–Crippen MR) is 118 cm³/mol. The van der Waals surface area contributed by atoms with Crippen LogP contribution in [0.4, 0.5) is 15.4 Å². The molecule has 0 saturated carbocycles. The van der Waals surface area contributed by atoms with Gasteiger partial charge in [0.15, 0.2) is 0 Å². The average Bonchev–Trinajstić information content (AvgIpc) is 3.25. The second kappa shape index (κ2) is 7.69. The van der Waals surface area contributed by atoms with Crippen molar-refractivity contribution in [1.29, 1.82) is 5.26 Å². The van der Waals surface area contributed by atoms with Gasteiger partial charge in [-0.3, -0.25) is 0 Å². The zero-order valence-electron chi connectivity index (χ0n) is 18.7. The van der Waals surface area contributed by atoms with Crippen LogP contribution in [-0.4, -0.2) is 72.1 Å². The standard InChI is InChI=1S/C23H25N5O5/c1-23(2,3)33-22(30)28-9-15(10-28)31-18-7-16-13(6-14(18)8-24)4-5-25-20(16)27-11-17-19(12-27)32-21(29)26-17/h4-7,15,17,19H,9-12H2,1-3H3,(H,26,29). The summed E-state index contributed by atoms with van der Waals surface area (Å²) in [4.78, 5) is 31.8. The second-order valence-corrected chi connectivity index (χ2v) is 9.54. The van der Waals surface area contributed by atoms with Crippen LogP contribution in [0.15, 0.2) is 24.4 Å². The smallest absolute Gasteiger partial charge is 0.410 e. The molecule has 0 aliphatic carbocycles. The van der Waals surface area contributed by atoms with E-state index in [-0.39, 0.29) is 30.4 Å². The maximum absolute atomic E-state index is 12.2. The van der Waals surface area contributed by atoms with E-state index in [0.717, 1.165) is 16.6 Å². The highest BCUT2D eigenvalue weighted by Crippen LogP contribution is 2.34. The van der Waals surface area contributed by atoms with E-state index >= 15 is 0 Å². The molecule has 3 saturated heterocycles. The highest BCUT2D eigenvalue weighted by Gasteiger charge is 2.42. The largest absolute Gasteiger partial charge is 0.485 e. The number of amides is 2. The fourth-order valence-electron chi connectivity index (χ4n) is 4.32. The van der Waals surface area contributed by atoms with Gasteiger partial charge in [0.05, 0.1) is 31.2 Å². The Morgan fingerprint density at radius 2 is 2.06 bits per heavy atom. The van der Waals surface area contributed by atoms with Crippen LogP contribution in [0.5, 0.6) is 5.75 Å². The van der Waals surface area contributed by atoms with Gasteiger partial charge >= 0.3 is 12.2 Å². The lowest BCUT2D eigenvalue weighted by Crippen LogP contribution is -2.57. The Morgan fingerprint density at radius 1 is 1.27 bits per heavy atom. The number of nitriles is 1. The summed E-state index contributed by atoms with van der Waals surface area (Å²) < 4.78 is 16.8. The molecule has 5 rings (SSSR count). The number of carbonyl (C=O) groups is 2. The Bertz CT molecular complexity index is 1150. The summed E-state index contributed by atoms with van der Waals surface area (Å²) in [6, 6.07) is 7.60. The Hall–Kier alpha value is -3.74. The molecule has 1 aromatic heterocycles. The maximum atomic E-state index is 12.2. The summed E-state index contributed by atoms with van der Waals surface area (Å²) in [7, 11) is 0. The molecular weight excluding hydrogens is 426 g/mol. The quantitative estimate of drug-likeness (QED) is 0.756. The molecule has 33 heavy (non-hydrogen) atoms. The van der Waals surface area contributed by atoms with Gasteiger partial charge in [-0.25, -0.2) is 14.6 Å². The first-order valence-corrected chi connectivity index (χ1v) is 10.9. The van der Waals surface area contributed by atoms with Crippen molar-refractivity contribution in [2.24, 2.45) is 0 Å². The summed E-state index contributed by atoms with van der Waals surface area (Å²) in [5, 5.41) is 14.2. The maximum Gasteiger partial charge on any atom is 0.410 e. The number of carbonyl (C=O) groups excluding carboxylic acids is 2. The summed E-state index contributed by atoms with van der Waals surface area (Å²) in [6.07, 6.45) is 0.513. The molecule has 3 aliphatic heterocycles. The van der Waals surface area contributed by atoms with Crippen molar-refractivity contribution >= 4 is 28.8 Å². The number of anilines is 1. The van der Waals surface area contributed by atoms with Gasteiger partial charge in [-0.15, -0.1) is 0 Å². The zero-order chi connectivity index (χ0) is 23.3. The first-order valence-electron chi connectivity index (χ1n) is 10.9. The van der Waals surface area contributed by atoms with Gasteiger partial charge in [0.2, 0.25) is 0 Å². The molecule has 1 aromatic carbocycles. The van der Waals surface area contributed by atoms with E-state index in [0.29, 0.717) is 37.5 Å². The lowest BCUT2D eigenvalue weighted by Gasteiger charge is -2.39. The Labute approximate surface area is 191 Å². The molecular formula is C23H25N5O5. The minimum absolute atomic E-state index is 0.0718. The molecule has 2 unspecified atom stereocenters. The molecule has 0 bridgehead atoms. The van der Waals surface area contributed by atoms with E-state index < -0.39 is 5.60 Å². The summed E-state index contributed by atoms with van der Waals surface area (Å²) >= 11 is 0. The molecule has 4 heterocycles. The lowest BCUT2D eigenvalue weighted by molar-refractivity contribution is -0.0221. The van der Waals surface area contributed by atoms with Gasteiger partial charge in [0, 0.05) is 18.1 Å². The molecule has 3 aliphatic rings. The number of aromatic nitrogens is 1. The molecule has 10 heteroatoms. The van der Waals surface area contributed by atoms with Gasteiger partial charge in [0.1, 0.15) is 35.4 Å². The summed E-state index contributed by atoms with van der Waals surface area (Å²) in [5.41, 5.74) is -0.134. The molecule has 2 amide bonds. The van der Waals surface area contributed by atoms with Crippen LogP contribution >= 0.6 is 0 Å². The van der Waals surface area contributed by atoms with E-state index in [2.05, 4.69) is 21.3 Å². The predicted octanol–water partition coefficient (Wildman–Crippen LogP) is 2.40. The van der Waals surface area contributed by atoms with Gasteiger partial charge in [-0.1, -0.05) is 0 Å². The molecule has 2 aromatic rings. The number of hydrogen-bond donors (Lipinski definition) is 1. The fraction of sp³-hybridized carbons (Fsp3) is 0.478. The lowest BCUT2D eigenvalue weighted by atomic mass is 10.1. The Morgan fingerprint density at radius 3 is 2.76 bits per heavy atom. The third kappa shape index (κ3) is 4.06. The minimum atomic E-state index is -0.555. The minimum Gasteiger partial charge on any atom is -0.485 e. The molecule has 1 N–H and O–H groups in total. The number of nitrogens with zero attached hydrogens (tertiary/aromatic N) is 4. The first-order chi connectivity index (χ1) is 15.7. The number of rotatable bonds is 3. The van der Waals surface area contributed by atoms with E-state index in [1.54, 1.807) is 17.2 Å². The molecule has 3 fully saturated rings. The van der Waals surface area contributed by atoms with Crippen LogP contribution in [0.3, 0.4) is 0 Å². The number of pyridine rings is 1. The highest BCUT2D eigenvalue weighted by molar-refractivity contribution is 5.94. The van der Waals surface area contributed by atoms with Crippen molar-refractivity contribution in [1.82, 2.24) is 15.2 Å². The number of benzene rings is 1. The molecule has 0 radical (unpaired) electrons. The van der Waals surface area contributed by atoms with Crippen LogP contribution in [0, 0.1) is 11.3 Å². The first kappa shape index (κ1) is 21.1. The van der Waals surface area contributed by atoms with E-state index in [1.807, 2.05) is 32.9 Å². The third-order valence-corrected chi connectivity index (χ3v) is 5.88. The van der Waals surface area contributed by atoms with Gasteiger partial charge in [-0.05, 0) is 44.4 Å². The van der Waals surface area contributed by atoms with E-state index in [4.69, 9.17) is 14.2 Å². The number of nitrogens with one attached hydrogen (secondary N) is 1. The van der Waals surface area contributed by atoms with Crippen molar-refractivity contribution < 1.29 is 23.8 Å². The van der Waals surface area contributed by atoms with Gasteiger partial charge in [-0.2, -0.15) is 5.26 Å². The molecule has 10 nitrogen and oxygen atoms in total.